The van der Waals surface area contributed by atoms with E-state index in [1.54, 1.807) is 12.1 Å². The van der Waals surface area contributed by atoms with Gasteiger partial charge in [0.15, 0.2) is 0 Å². The summed E-state index contributed by atoms with van der Waals surface area (Å²) in [5, 5.41) is 10.7. The molecule has 2 heterocycles. The van der Waals surface area contributed by atoms with Crippen molar-refractivity contribution in [1.29, 1.82) is 0 Å². The van der Waals surface area contributed by atoms with Gasteiger partial charge in [0.2, 0.25) is 6.33 Å². The summed E-state index contributed by atoms with van der Waals surface area (Å²) in [6, 6.07) is 7.32. The van der Waals surface area contributed by atoms with Crippen LogP contribution in [0, 0.1) is 10.1 Å². The van der Waals surface area contributed by atoms with Crippen LogP contribution in [0.15, 0.2) is 43.0 Å². The molecule has 1 aromatic carbocycles. The van der Waals surface area contributed by atoms with Gasteiger partial charge in [-0.2, -0.15) is 0 Å². The number of aryl methyl sites for hydroxylation is 1. The molecule has 0 bridgehead atoms. The zero-order valence-corrected chi connectivity index (χ0v) is 13.2. The van der Waals surface area contributed by atoms with Gasteiger partial charge in [0.1, 0.15) is 18.9 Å². The molecule has 0 radical (unpaired) electrons. The second-order valence-electron chi connectivity index (χ2n) is 5.54. The molecule has 0 N–H and O–H groups in total. The molecular weight excluding hydrogens is 304 g/mol. The van der Waals surface area contributed by atoms with Crippen molar-refractivity contribution in [2.75, 3.05) is 11.4 Å². The number of hydrogen-bond acceptors (Lipinski definition) is 3. The largest absolute Gasteiger partial charge is 1.00 e. The summed E-state index contributed by atoms with van der Waals surface area (Å²) in [7, 11) is 2.01. The van der Waals surface area contributed by atoms with Crippen molar-refractivity contribution in [3.63, 3.8) is 0 Å². The lowest BCUT2D eigenvalue weighted by Crippen LogP contribution is -3.00. The van der Waals surface area contributed by atoms with Gasteiger partial charge in [0, 0.05) is 24.4 Å². The van der Waals surface area contributed by atoms with Crippen LogP contribution in [0.1, 0.15) is 12.8 Å². The van der Waals surface area contributed by atoms with E-state index in [2.05, 4.69) is 22.0 Å². The van der Waals surface area contributed by atoms with Crippen molar-refractivity contribution in [2.45, 2.75) is 25.4 Å². The van der Waals surface area contributed by atoms with Crippen LogP contribution in [0.2, 0.25) is 0 Å². The zero-order chi connectivity index (χ0) is 14.8. The lowest BCUT2D eigenvalue weighted by atomic mass is 10.2. The molecule has 118 valence electrons. The highest BCUT2D eigenvalue weighted by molar-refractivity contribution is 5.52. The minimum atomic E-state index is -0.356. The second kappa shape index (κ2) is 6.79. The monoisotopic (exact) mass is 322 g/mol. The van der Waals surface area contributed by atoms with Gasteiger partial charge in [-0.05, 0) is 25.0 Å². The molecule has 1 aliphatic rings. The predicted molar refractivity (Wildman–Crippen MR) is 79.1 cm³/mol. The standard InChI is InChI=1S/C15H19N4O2.ClH/c1-16-9-10-17(12-16)11-15-3-2-8-18(15)13-4-6-14(7-5-13)19(20)21;/h4-7,9-10,12,15H,2-3,8,11H2,1H3;1H/q+1;/p-1. The fourth-order valence-corrected chi connectivity index (χ4v) is 2.98. The number of nitrogens with zero attached hydrogens (tertiary/aromatic N) is 4. The van der Waals surface area contributed by atoms with Gasteiger partial charge < -0.3 is 17.3 Å². The Hall–Kier alpha value is -2.08. The highest BCUT2D eigenvalue weighted by Crippen LogP contribution is 2.28. The van der Waals surface area contributed by atoms with Crippen LogP contribution in [-0.2, 0) is 13.6 Å². The first-order valence-corrected chi connectivity index (χ1v) is 7.15. The maximum absolute atomic E-state index is 10.7. The number of rotatable bonds is 4. The van der Waals surface area contributed by atoms with Crippen LogP contribution in [0.5, 0.6) is 0 Å². The summed E-state index contributed by atoms with van der Waals surface area (Å²) in [5.41, 5.74) is 1.21. The molecule has 2 aromatic rings. The Morgan fingerprint density at radius 2 is 2.09 bits per heavy atom. The molecular formula is C15H19ClN4O2. The average molecular weight is 323 g/mol. The molecule has 7 heteroatoms. The van der Waals surface area contributed by atoms with Gasteiger partial charge in [0.25, 0.3) is 5.69 Å². The molecule has 1 aromatic heterocycles. The topological polar surface area (TPSA) is 55.2 Å². The van der Waals surface area contributed by atoms with E-state index in [0.29, 0.717) is 6.04 Å². The van der Waals surface area contributed by atoms with Gasteiger partial charge in [-0.1, -0.05) is 0 Å². The van der Waals surface area contributed by atoms with Gasteiger partial charge in [-0.15, -0.1) is 0 Å². The van der Waals surface area contributed by atoms with Crippen LogP contribution in [-0.4, -0.2) is 22.1 Å². The quantitative estimate of drug-likeness (QED) is 0.408. The van der Waals surface area contributed by atoms with E-state index in [9.17, 15) is 10.1 Å². The van der Waals surface area contributed by atoms with Crippen LogP contribution in [0.25, 0.3) is 0 Å². The first-order chi connectivity index (χ1) is 10.1. The average Bonchev–Trinajstić information content (AvgIpc) is 3.09. The SMILES string of the molecule is C[n+]1ccn(CC2CCCN2c2ccc([N+](=O)[O-])cc2)c1.[Cl-]. The molecule has 1 atom stereocenters. The fourth-order valence-electron chi connectivity index (χ4n) is 2.98. The Kier molecular flexibility index (Phi) is 5.03. The maximum atomic E-state index is 10.7. The van der Waals surface area contributed by atoms with E-state index < -0.39 is 0 Å². The summed E-state index contributed by atoms with van der Waals surface area (Å²) < 4.78 is 4.22. The van der Waals surface area contributed by atoms with E-state index in [4.69, 9.17) is 0 Å². The van der Waals surface area contributed by atoms with E-state index in [-0.39, 0.29) is 23.0 Å². The van der Waals surface area contributed by atoms with Gasteiger partial charge in [-0.25, -0.2) is 9.13 Å². The number of imidazole rings is 1. The zero-order valence-electron chi connectivity index (χ0n) is 12.4. The molecule has 1 fully saturated rings. The highest BCUT2D eigenvalue weighted by atomic mass is 35.5. The number of nitro groups is 1. The minimum absolute atomic E-state index is 0. The van der Waals surface area contributed by atoms with Crippen molar-refractivity contribution in [3.8, 4) is 0 Å². The number of halogens is 1. The number of anilines is 1. The summed E-state index contributed by atoms with van der Waals surface area (Å²) in [6.07, 6.45) is 8.50. The smallest absolute Gasteiger partial charge is 0.269 e. The summed E-state index contributed by atoms with van der Waals surface area (Å²) in [6.45, 7) is 1.95. The molecule has 0 spiro atoms. The summed E-state index contributed by atoms with van der Waals surface area (Å²) >= 11 is 0. The van der Waals surface area contributed by atoms with E-state index in [1.807, 2.05) is 29.9 Å². The lowest BCUT2D eigenvalue weighted by Gasteiger charge is -2.25. The molecule has 0 amide bonds. The molecule has 1 saturated heterocycles. The molecule has 6 nitrogen and oxygen atoms in total. The van der Waals surface area contributed by atoms with Crippen LogP contribution in [0.3, 0.4) is 0 Å². The van der Waals surface area contributed by atoms with Gasteiger partial charge in [0.05, 0.1) is 18.0 Å². The third kappa shape index (κ3) is 3.39. The normalized spacial score (nSPS) is 17.3. The first kappa shape index (κ1) is 16.3. The van der Waals surface area contributed by atoms with Gasteiger partial charge >= 0.3 is 0 Å². The lowest BCUT2D eigenvalue weighted by molar-refractivity contribution is -0.671. The summed E-state index contributed by atoms with van der Waals surface area (Å²) in [4.78, 5) is 12.7. The molecule has 1 aliphatic heterocycles. The number of non-ortho nitro benzene ring substituents is 1. The van der Waals surface area contributed by atoms with Crippen molar-refractivity contribution < 1.29 is 21.9 Å². The number of aromatic nitrogens is 2. The van der Waals surface area contributed by atoms with E-state index in [0.717, 1.165) is 31.6 Å². The number of nitro benzene ring substituents is 1. The Bertz CT molecular complexity index is 641. The molecule has 22 heavy (non-hydrogen) atoms. The van der Waals surface area contributed by atoms with Crippen LogP contribution >= 0.6 is 0 Å². The second-order valence-corrected chi connectivity index (χ2v) is 5.54. The van der Waals surface area contributed by atoms with Crippen molar-refractivity contribution >= 4 is 11.4 Å². The van der Waals surface area contributed by atoms with Crippen LogP contribution in [0.4, 0.5) is 11.4 Å². The maximum Gasteiger partial charge on any atom is 0.269 e. The summed E-state index contributed by atoms with van der Waals surface area (Å²) in [5.74, 6) is 0. The van der Waals surface area contributed by atoms with E-state index in [1.165, 1.54) is 0 Å². The molecule has 3 rings (SSSR count). The Morgan fingerprint density at radius 3 is 2.68 bits per heavy atom. The van der Waals surface area contributed by atoms with Crippen molar-refractivity contribution in [1.82, 2.24) is 4.57 Å². The van der Waals surface area contributed by atoms with Crippen molar-refractivity contribution in [2.24, 2.45) is 7.05 Å². The predicted octanol–water partition coefficient (Wildman–Crippen LogP) is -1.11. The third-order valence-corrected chi connectivity index (χ3v) is 4.01. The molecule has 1 unspecified atom stereocenters. The van der Waals surface area contributed by atoms with E-state index >= 15 is 0 Å². The first-order valence-electron chi connectivity index (χ1n) is 7.15. The molecule has 0 saturated carbocycles. The Labute approximate surface area is 135 Å². The van der Waals surface area contributed by atoms with Gasteiger partial charge in [-0.3, -0.25) is 10.1 Å². The minimum Gasteiger partial charge on any atom is -1.00 e. The third-order valence-electron chi connectivity index (χ3n) is 4.01. The Balaban J connectivity index is 0.00000176. The number of hydrogen-bond donors (Lipinski definition) is 0. The fraction of sp³-hybridized carbons (Fsp3) is 0.400. The van der Waals surface area contributed by atoms with Crippen LogP contribution < -0.4 is 21.9 Å². The molecule has 0 aliphatic carbocycles. The Morgan fingerprint density at radius 1 is 1.36 bits per heavy atom. The van der Waals surface area contributed by atoms with Crippen molar-refractivity contribution in [3.05, 3.63) is 53.1 Å². The number of benzene rings is 1. The highest BCUT2D eigenvalue weighted by Gasteiger charge is 2.27.